The first-order chi connectivity index (χ1) is 13.7. The van der Waals surface area contributed by atoms with Crippen molar-refractivity contribution >= 4 is 5.91 Å². The molecule has 1 aromatic heterocycles. The summed E-state index contributed by atoms with van der Waals surface area (Å²) in [5, 5.41) is 9.08. The number of carbonyl (C=O) groups excluding carboxylic acids is 1. The van der Waals surface area contributed by atoms with Gasteiger partial charge in [0.1, 0.15) is 0 Å². The maximum Gasteiger partial charge on any atom is 0.261 e. The average molecular weight is 362 g/mol. The van der Waals surface area contributed by atoms with Gasteiger partial charge in [-0.2, -0.15) is 5.26 Å². The van der Waals surface area contributed by atoms with E-state index in [9.17, 15) is 4.79 Å². The zero-order valence-corrected chi connectivity index (χ0v) is 15.5. The highest BCUT2D eigenvalue weighted by Gasteiger charge is 2.13. The van der Waals surface area contributed by atoms with E-state index in [1.54, 1.807) is 29.1 Å². The highest BCUT2D eigenvalue weighted by Crippen LogP contribution is 2.33. The van der Waals surface area contributed by atoms with Crippen LogP contribution in [0.1, 0.15) is 21.5 Å². The number of nitriles is 1. The van der Waals surface area contributed by atoms with Crippen LogP contribution in [0.15, 0.2) is 91.3 Å². The quantitative estimate of drug-likeness (QED) is 0.470. The van der Waals surface area contributed by atoms with E-state index >= 15 is 0 Å². The van der Waals surface area contributed by atoms with Crippen molar-refractivity contribution in [3.05, 3.63) is 108 Å². The molecule has 0 bridgehead atoms. The third kappa shape index (κ3) is 3.36. The van der Waals surface area contributed by atoms with Crippen molar-refractivity contribution in [2.75, 3.05) is 0 Å². The number of rotatable bonds is 3. The lowest BCUT2D eigenvalue weighted by molar-refractivity contribution is 0.0960. The fourth-order valence-corrected chi connectivity index (χ4v) is 3.24. The van der Waals surface area contributed by atoms with E-state index in [0.29, 0.717) is 11.1 Å². The van der Waals surface area contributed by atoms with E-state index in [-0.39, 0.29) is 5.91 Å². The van der Waals surface area contributed by atoms with Crippen LogP contribution in [0.2, 0.25) is 0 Å². The van der Waals surface area contributed by atoms with E-state index < -0.39 is 0 Å². The van der Waals surface area contributed by atoms with Gasteiger partial charge in [0.15, 0.2) is 0 Å². The molecule has 0 radical (unpaired) electrons. The van der Waals surface area contributed by atoms with Gasteiger partial charge in [0.25, 0.3) is 5.91 Å². The minimum atomic E-state index is -0.0737. The molecule has 4 rings (SSSR count). The van der Waals surface area contributed by atoms with Gasteiger partial charge in [-0.15, -0.1) is 0 Å². The second-order valence-corrected chi connectivity index (χ2v) is 6.71. The Bertz CT molecular complexity index is 1160. The average Bonchev–Trinajstić information content (AvgIpc) is 3.28. The van der Waals surface area contributed by atoms with Crippen LogP contribution in [0.5, 0.6) is 0 Å². The van der Waals surface area contributed by atoms with Crippen LogP contribution in [0.4, 0.5) is 0 Å². The smallest absolute Gasteiger partial charge is 0.261 e. The molecule has 4 aromatic rings. The summed E-state index contributed by atoms with van der Waals surface area (Å²) in [6, 6.07) is 27.4. The SMILES string of the molecule is Cc1ccc(-c2ccc(C(=O)n3cccc3)cc2-c2ccc(C#N)cc2)cc1. The van der Waals surface area contributed by atoms with Gasteiger partial charge in [-0.1, -0.05) is 48.0 Å². The molecule has 134 valence electrons. The van der Waals surface area contributed by atoms with Crippen molar-refractivity contribution in [1.29, 1.82) is 5.26 Å². The Labute approximate surface area is 164 Å². The third-order valence-corrected chi connectivity index (χ3v) is 4.79. The predicted molar refractivity (Wildman–Crippen MR) is 111 cm³/mol. The molecule has 0 amide bonds. The summed E-state index contributed by atoms with van der Waals surface area (Å²) in [4.78, 5) is 12.8. The molecule has 0 N–H and O–H groups in total. The van der Waals surface area contributed by atoms with Crippen molar-refractivity contribution in [3.63, 3.8) is 0 Å². The first-order valence-corrected chi connectivity index (χ1v) is 9.05. The highest BCUT2D eigenvalue weighted by atomic mass is 16.2. The molecule has 28 heavy (non-hydrogen) atoms. The number of aryl methyl sites for hydroxylation is 1. The number of hydrogen-bond acceptors (Lipinski definition) is 2. The van der Waals surface area contributed by atoms with E-state index in [0.717, 1.165) is 22.3 Å². The molecule has 0 saturated carbocycles. The molecule has 1 heterocycles. The molecule has 3 aromatic carbocycles. The van der Waals surface area contributed by atoms with Gasteiger partial charge in [0.05, 0.1) is 11.6 Å². The molecule has 3 nitrogen and oxygen atoms in total. The van der Waals surface area contributed by atoms with Crippen LogP contribution < -0.4 is 0 Å². The number of aromatic nitrogens is 1. The molecule has 0 atom stereocenters. The first-order valence-electron chi connectivity index (χ1n) is 9.05. The molecule has 0 saturated heterocycles. The van der Waals surface area contributed by atoms with Crippen molar-refractivity contribution in [2.45, 2.75) is 6.92 Å². The Morgan fingerprint density at radius 2 is 1.43 bits per heavy atom. The minimum Gasteiger partial charge on any atom is -0.291 e. The predicted octanol–water partition coefficient (Wildman–Crippen LogP) is 5.69. The fourth-order valence-electron chi connectivity index (χ4n) is 3.24. The van der Waals surface area contributed by atoms with Crippen molar-refractivity contribution in [3.8, 4) is 28.3 Å². The number of benzene rings is 3. The third-order valence-electron chi connectivity index (χ3n) is 4.79. The topological polar surface area (TPSA) is 45.8 Å². The van der Waals surface area contributed by atoms with Gasteiger partial charge in [-0.05, 0) is 65.6 Å². The van der Waals surface area contributed by atoms with Crippen LogP contribution in [-0.4, -0.2) is 10.5 Å². The molecule has 0 aliphatic heterocycles. The van der Waals surface area contributed by atoms with Crippen molar-refractivity contribution in [2.24, 2.45) is 0 Å². The number of nitrogens with zero attached hydrogens (tertiary/aromatic N) is 2. The summed E-state index contributed by atoms with van der Waals surface area (Å²) >= 11 is 0. The zero-order chi connectivity index (χ0) is 19.5. The Morgan fingerprint density at radius 3 is 2.07 bits per heavy atom. The first kappa shape index (κ1) is 17.5. The van der Waals surface area contributed by atoms with Crippen LogP contribution in [-0.2, 0) is 0 Å². The zero-order valence-electron chi connectivity index (χ0n) is 15.5. The van der Waals surface area contributed by atoms with E-state index in [2.05, 4.69) is 37.3 Å². The van der Waals surface area contributed by atoms with Gasteiger partial charge in [0.2, 0.25) is 0 Å². The van der Waals surface area contributed by atoms with Crippen LogP contribution in [0.3, 0.4) is 0 Å². The standard InChI is InChI=1S/C25H18N2O/c1-18-4-8-20(9-5-18)23-13-12-22(25(28)27-14-2-3-15-27)16-24(23)21-10-6-19(17-26)7-11-21/h2-16H,1H3. The lowest BCUT2D eigenvalue weighted by Gasteiger charge is -2.13. The summed E-state index contributed by atoms with van der Waals surface area (Å²) in [7, 11) is 0. The molecule has 0 spiro atoms. The van der Waals surface area contributed by atoms with Crippen molar-refractivity contribution < 1.29 is 4.79 Å². The number of carbonyl (C=O) groups is 1. The van der Waals surface area contributed by atoms with Gasteiger partial charge in [-0.25, -0.2) is 0 Å². The highest BCUT2D eigenvalue weighted by molar-refractivity contribution is 5.99. The largest absolute Gasteiger partial charge is 0.291 e. The molecule has 3 heteroatoms. The summed E-state index contributed by atoms with van der Waals surface area (Å²) in [5.74, 6) is -0.0737. The lowest BCUT2D eigenvalue weighted by atomic mass is 9.92. The Kier molecular flexibility index (Phi) is 4.62. The second kappa shape index (κ2) is 7.38. The van der Waals surface area contributed by atoms with E-state index in [1.807, 2.05) is 42.5 Å². The molecule has 0 aliphatic carbocycles. The normalized spacial score (nSPS) is 10.4. The Morgan fingerprint density at radius 1 is 0.821 bits per heavy atom. The fraction of sp³-hybridized carbons (Fsp3) is 0.0400. The van der Waals surface area contributed by atoms with E-state index in [1.165, 1.54) is 5.56 Å². The van der Waals surface area contributed by atoms with Gasteiger partial charge in [0, 0.05) is 18.0 Å². The van der Waals surface area contributed by atoms with Gasteiger partial charge >= 0.3 is 0 Å². The summed E-state index contributed by atoms with van der Waals surface area (Å²) < 4.78 is 1.57. The van der Waals surface area contributed by atoms with Crippen LogP contribution in [0, 0.1) is 18.3 Å². The molecular weight excluding hydrogens is 344 g/mol. The summed E-state index contributed by atoms with van der Waals surface area (Å²) in [6.45, 7) is 2.06. The minimum absolute atomic E-state index is 0.0737. The van der Waals surface area contributed by atoms with Crippen LogP contribution in [0.25, 0.3) is 22.3 Å². The molecule has 0 aliphatic rings. The second-order valence-electron chi connectivity index (χ2n) is 6.71. The van der Waals surface area contributed by atoms with Crippen LogP contribution >= 0.6 is 0 Å². The summed E-state index contributed by atoms with van der Waals surface area (Å²) in [5.41, 5.74) is 6.50. The number of hydrogen-bond donors (Lipinski definition) is 0. The van der Waals surface area contributed by atoms with Gasteiger partial charge < -0.3 is 0 Å². The molecule has 0 fully saturated rings. The van der Waals surface area contributed by atoms with E-state index in [4.69, 9.17) is 5.26 Å². The maximum absolute atomic E-state index is 12.8. The monoisotopic (exact) mass is 362 g/mol. The molecular formula is C25H18N2O. The maximum atomic E-state index is 12.8. The Balaban J connectivity index is 1.87. The summed E-state index contributed by atoms with van der Waals surface area (Å²) in [6.07, 6.45) is 3.50. The van der Waals surface area contributed by atoms with Crippen molar-refractivity contribution in [1.82, 2.24) is 4.57 Å². The lowest BCUT2D eigenvalue weighted by Crippen LogP contribution is -2.09. The van der Waals surface area contributed by atoms with Gasteiger partial charge in [-0.3, -0.25) is 9.36 Å². The Hall–Kier alpha value is -3.90. The molecule has 0 unspecified atom stereocenters.